The van der Waals surface area contributed by atoms with Crippen LogP contribution in [0.15, 0.2) is 73.2 Å². The van der Waals surface area contributed by atoms with Crippen molar-refractivity contribution in [3.8, 4) is 0 Å². The fraction of sp³-hybridized carbons (Fsp3) is 0.200. The maximum absolute atomic E-state index is 12.8. The van der Waals surface area contributed by atoms with E-state index < -0.39 is 0 Å². The minimum Gasteiger partial charge on any atom is -0.467 e. The summed E-state index contributed by atoms with van der Waals surface area (Å²) in [4.78, 5) is 12.8. The van der Waals surface area contributed by atoms with Gasteiger partial charge in [0.1, 0.15) is 29.0 Å². The summed E-state index contributed by atoms with van der Waals surface area (Å²) in [5, 5.41) is 9.16. The Kier molecular flexibility index (Phi) is 4.85. The fourth-order valence-electron chi connectivity index (χ4n) is 3.01. The second-order valence-electron chi connectivity index (χ2n) is 6.29. The molecule has 7 heteroatoms. The van der Waals surface area contributed by atoms with Gasteiger partial charge in [-0.1, -0.05) is 15.9 Å². The van der Waals surface area contributed by atoms with Gasteiger partial charge < -0.3 is 14.2 Å². The number of nitrogens with zero attached hydrogens (tertiary/aromatic N) is 2. The smallest absolute Gasteiger partial charge is 0.262 e. The van der Waals surface area contributed by atoms with Crippen LogP contribution in [0.5, 0.6) is 0 Å². The van der Waals surface area contributed by atoms with Crippen LogP contribution in [0.2, 0.25) is 0 Å². The number of hydrogen-bond donors (Lipinski definition) is 1. The van der Waals surface area contributed by atoms with Crippen LogP contribution >= 0.6 is 15.9 Å². The van der Waals surface area contributed by atoms with Crippen molar-refractivity contribution in [3.05, 3.63) is 76.5 Å². The second-order valence-corrected chi connectivity index (χ2v) is 7.21. The molecule has 1 aromatic carbocycles. The van der Waals surface area contributed by atoms with Crippen LogP contribution in [0.25, 0.3) is 0 Å². The van der Waals surface area contributed by atoms with Crippen molar-refractivity contribution < 1.29 is 13.6 Å². The Bertz CT molecular complexity index is 961. The first kappa shape index (κ1) is 17.6. The summed E-state index contributed by atoms with van der Waals surface area (Å²) in [6, 6.07) is 14.8. The predicted octanol–water partition coefficient (Wildman–Crippen LogP) is 4.73. The fourth-order valence-corrected chi connectivity index (χ4v) is 3.27. The second kappa shape index (κ2) is 7.44. The van der Waals surface area contributed by atoms with E-state index in [9.17, 15) is 4.79 Å². The topological polar surface area (TPSA) is 71.0 Å². The van der Waals surface area contributed by atoms with E-state index in [-0.39, 0.29) is 18.5 Å². The average Bonchev–Trinajstić information content (AvgIpc) is 3.40. The molecule has 0 bridgehead atoms. The largest absolute Gasteiger partial charge is 0.467 e. The zero-order valence-corrected chi connectivity index (χ0v) is 16.3. The highest BCUT2D eigenvalue weighted by atomic mass is 79.9. The number of benzene rings is 1. The Morgan fingerprint density at radius 3 is 2.74 bits per heavy atom. The summed E-state index contributed by atoms with van der Waals surface area (Å²) in [6.45, 7) is 2.01. The van der Waals surface area contributed by atoms with Crippen molar-refractivity contribution >= 4 is 33.2 Å². The van der Waals surface area contributed by atoms with E-state index in [1.54, 1.807) is 6.26 Å². The van der Waals surface area contributed by atoms with Gasteiger partial charge in [0.15, 0.2) is 0 Å². The van der Waals surface area contributed by atoms with Gasteiger partial charge >= 0.3 is 0 Å². The zero-order chi connectivity index (χ0) is 18.8. The molecule has 0 aliphatic carbocycles. The van der Waals surface area contributed by atoms with Crippen LogP contribution in [0, 0.1) is 6.92 Å². The van der Waals surface area contributed by atoms with Gasteiger partial charge in [0.2, 0.25) is 0 Å². The number of amides is 1. The molecule has 1 atom stereocenters. The van der Waals surface area contributed by atoms with Gasteiger partial charge in [0.05, 0.1) is 12.8 Å². The Labute approximate surface area is 165 Å². The molecule has 4 rings (SSSR count). The molecule has 6 nitrogen and oxygen atoms in total. The highest BCUT2D eigenvalue weighted by Crippen LogP contribution is 2.33. The van der Waals surface area contributed by atoms with Crippen LogP contribution in [0.1, 0.15) is 29.7 Å². The summed E-state index contributed by atoms with van der Waals surface area (Å²) in [7, 11) is 0. The van der Waals surface area contributed by atoms with Crippen molar-refractivity contribution in [1.82, 2.24) is 5.01 Å². The van der Waals surface area contributed by atoms with E-state index in [4.69, 9.17) is 8.83 Å². The monoisotopic (exact) mass is 427 g/mol. The first-order valence-corrected chi connectivity index (χ1v) is 9.38. The standard InChI is InChI=1S/C20H18BrN3O3/c1-13-4-9-18(27-13)16-11-17(19-3-2-10-26-19)24(23-16)20(25)12-22-15-7-5-14(21)6-8-15/h2-10,17,22H,11-12H2,1H3/t17-/m0/s1. The first-order valence-electron chi connectivity index (χ1n) is 8.59. The van der Waals surface area contributed by atoms with Crippen LogP contribution < -0.4 is 5.32 Å². The Morgan fingerprint density at radius 1 is 1.26 bits per heavy atom. The third-order valence-corrected chi connectivity index (χ3v) is 4.88. The molecule has 1 N–H and O–H groups in total. The Morgan fingerprint density at radius 2 is 2.07 bits per heavy atom. The lowest BCUT2D eigenvalue weighted by Gasteiger charge is -2.20. The molecule has 2 aromatic heterocycles. The third kappa shape index (κ3) is 3.83. The minimum absolute atomic E-state index is 0.132. The normalized spacial score (nSPS) is 16.4. The van der Waals surface area contributed by atoms with Gasteiger partial charge in [-0.3, -0.25) is 4.79 Å². The lowest BCUT2D eigenvalue weighted by Crippen LogP contribution is -2.32. The summed E-state index contributed by atoms with van der Waals surface area (Å²) in [6.07, 6.45) is 2.15. The van der Waals surface area contributed by atoms with E-state index in [0.717, 1.165) is 21.6 Å². The number of furan rings is 2. The molecule has 0 saturated carbocycles. The number of carbonyl (C=O) groups is 1. The van der Waals surface area contributed by atoms with E-state index in [1.807, 2.05) is 55.5 Å². The summed E-state index contributed by atoms with van der Waals surface area (Å²) in [5.41, 5.74) is 1.60. The summed E-state index contributed by atoms with van der Waals surface area (Å²) >= 11 is 3.40. The van der Waals surface area contributed by atoms with Crippen LogP contribution in [-0.4, -0.2) is 23.2 Å². The Hall–Kier alpha value is -2.80. The quantitative estimate of drug-likeness (QED) is 0.638. The molecule has 0 unspecified atom stereocenters. The lowest BCUT2D eigenvalue weighted by molar-refractivity contribution is -0.131. The number of nitrogens with one attached hydrogen (secondary N) is 1. The molecule has 0 radical (unpaired) electrons. The average molecular weight is 428 g/mol. The molecule has 3 heterocycles. The van der Waals surface area contributed by atoms with Gasteiger partial charge in [-0.05, 0) is 55.5 Å². The van der Waals surface area contributed by atoms with Crippen molar-refractivity contribution in [3.63, 3.8) is 0 Å². The van der Waals surface area contributed by atoms with E-state index in [1.165, 1.54) is 5.01 Å². The molecule has 1 amide bonds. The van der Waals surface area contributed by atoms with Crippen molar-refractivity contribution in [2.45, 2.75) is 19.4 Å². The molecule has 1 aliphatic rings. The first-order chi connectivity index (χ1) is 13.1. The molecule has 27 heavy (non-hydrogen) atoms. The molecule has 0 saturated heterocycles. The highest BCUT2D eigenvalue weighted by molar-refractivity contribution is 9.10. The van der Waals surface area contributed by atoms with Crippen LogP contribution in [0.4, 0.5) is 5.69 Å². The number of aryl methyl sites for hydroxylation is 1. The third-order valence-electron chi connectivity index (χ3n) is 4.35. The summed E-state index contributed by atoms with van der Waals surface area (Å²) in [5.74, 6) is 2.05. The van der Waals surface area contributed by atoms with Crippen molar-refractivity contribution in [2.75, 3.05) is 11.9 Å². The van der Waals surface area contributed by atoms with Gasteiger partial charge in [-0.2, -0.15) is 5.10 Å². The zero-order valence-electron chi connectivity index (χ0n) is 14.7. The van der Waals surface area contributed by atoms with Gasteiger partial charge in [-0.25, -0.2) is 5.01 Å². The molecular formula is C20H18BrN3O3. The molecule has 0 fully saturated rings. The van der Waals surface area contributed by atoms with E-state index >= 15 is 0 Å². The number of hydrazone groups is 1. The molecule has 0 spiro atoms. The molecule has 3 aromatic rings. The lowest BCUT2D eigenvalue weighted by atomic mass is 10.1. The number of halogens is 1. The number of rotatable bonds is 5. The van der Waals surface area contributed by atoms with Crippen molar-refractivity contribution in [1.29, 1.82) is 0 Å². The SMILES string of the molecule is Cc1ccc(C2=NN(C(=O)CNc3ccc(Br)cc3)[C@H](c3ccco3)C2)o1. The van der Waals surface area contributed by atoms with E-state index in [2.05, 4.69) is 26.3 Å². The molecule has 1 aliphatic heterocycles. The predicted molar refractivity (Wildman–Crippen MR) is 106 cm³/mol. The van der Waals surface area contributed by atoms with Crippen LogP contribution in [-0.2, 0) is 4.79 Å². The van der Waals surface area contributed by atoms with E-state index in [0.29, 0.717) is 17.9 Å². The van der Waals surface area contributed by atoms with Gasteiger partial charge in [0, 0.05) is 16.6 Å². The maximum Gasteiger partial charge on any atom is 0.262 e. The number of carbonyl (C=O) groups excluding carboxylic acids is 1. The van der Waals surface area contributed by atoms with Gasteiger partial charge in [0.25, 0.3) is 5.91 Å². The Balaban J connectivity index is 1.53. The van der Waals surface area contributed by atoms with Gasteiger partial charge in [-0.15, -0.1) is 0 Å². The van der Waals surface area contributed by atoms with Crippen molar-refractivity contribution in [2.24, 2.45) is 5.10 Å². The highest BCUT2D eigenvalue weighted by Gasteiger charge is 2.35. The summed E-state index contributed by atoms with van der Waals surface area (Å²) < 4.78 is 12.2. The molecule has 138 valence electrons. The minimum atomic E-state index is -0.278. The van der Waals surface area contributed by atoms with Crippen LogP contribution in [0.3, 0.4) is 0 Å². The molecular weight excluding hydrogens is 410 g/mol. The number of hydrogen-bond acceptors (Lipinski definition) is 5. The number of anilines is 1. The maximum atomic E-state index is 12.8.